The molecule has 0 saturated carbocycles. The minimum absolute atomic E-state index is 0. The average molecular weight is 405 g/mol. The maximum absolute atomic E-state index is 14.7. The summed E-state index contributed by atoms with van der Waals surface area (Å²) in [5.74, 6) is -0.218. The maximum Gasteiger partial charge on any atom is 0.245 e. The first-order valence-electron chi connectivity index (χ1n) is 9.15. The molecule has 1 aliphatic heterocycles. The average Bonchev–Trinajstić information content (AvgIpc) is 3.27. The van der Waals surface area contributed by atoms with Crippen LogP contribution in [0.3, 0.4) is 0 Å². The fourth-order valence-corrected chi connectivity index (χ4v) is 3.89. The van der Waals surface area contributed by atoms with E-state index in [1.54, 1.807) is 23.4 Å². The first-order chi connectivity index (χ1) is 13.4. The number of hydrogen-bond donors (Lipinski definition) is 2. The summed E-state index contributed by atoms with van der Waals surface area (Å²) in [5.41, 5.74) is 0.459. The Hall–Kier alpha value is -2.74. The Morgan fingerprint density at radius 3 is 3.07 bits per heavy atom. The first kappa shape index (κ1) is 18.6. The van der Waals surface area contributed by atoms with Crippen molar-refractivity contribution in [2.45, 2.75) is 32.2 Å². The molecule has 0 aliphatic carbocycles. The molecule has 0 aromatic carbocycles. The van der Waals surface area contributed by atoms with Crippen LogP contribution in [0.4, 0.5) is 10.2 Å². The molecule has 7 nitrogen and oxygen atoms in total. The van der Waals surface area contributed by atoms with E-state index in [-0.39, 0.29) is 13.2 Å². The number of likely N-dealkylation sites (N-methyl/N-ethyl adjacent to an activating group) is 1. The van der Waals surface area contributed by atoms with E-state index < -0.39 is 11.4 Å². The van der Waals surface area contributed by atoms with Crippen LogP contribution in [0, 0.1) is 5.82 Å². The van der Waals surface area contributed by atoms with Crippen molar-refractivity contribution in [2.75, 3.05) is 18.0 Å². The number of hydrogen-bond acceptors (Lipinski definition) is 5. The van der Waals surface area contributed by atoms with E-state index in [0.29, 0.717) is 41.6 Å². The molecule has 9 heteroatoms. The Morgan fingerprint density at radius 1 is 1.46 bits per heavy atom. The van der Waals surface area contributed by atoms with E-state index in [1.807, 2.05) is 13.8 Å². The summed E-state index contributed by atoms with van der Waals surface area (Å²) in [7, 11) is 0. The van der Waals surface area contributed by atoms with Crippen LogP contribution in [-0.2, 0) is 4.79 Å². The molecule has 3 aromatic heterocycles. The summed E-state index contributed by atoms with van der Waals surface area (Å²) < 4.78 is 14.7. The highest BCUT2D eigenvalue weighted by molar-refractivity contribution is 6.31. The molecule has 0 bridgehead atoms. The summed E-state index contributed by atoms with van der Waals surface area (Å²) in [6.45, 7) is 4.74. The van der Waals surface area contributed by atoms with Crippen molar-refractivity contribution in [3.05, 3.63) is 35.5 Å². The summed E-state index contributed by atoms with van der Waals surface area (Å²) >= 11 is 6.07. The molecule has 1 fully saturated rings. The quantitative estimate of drug-likeness (QED) is 0.694. The zero-order valence-corrected chi connectivity index (χ0v) is 16.3. The van der Waals surface area contributed by atoms with Crippen molar-refractivity contribution < 1.29 is 10.6 Å². The van der Waals surface area contributed by atoms with Gasteiger partial charge >= 0.3 is 0 Å². The van der Waals surface area contributed by atoms with Gasteiger partial charge in [-0.05, 0) is 32.8 Å². The van der Waals surface area contributed by atoms with Crippen molar-refractivity contribution in [3.63, 3.8) is 0 Å². The molecule has 0 spiro atoms. The molecule has 2 N–H and O–H groups in total. The third kappa shape index (κ3) is 2.97. The molecule has 0 unspecified atom stereocenters. The van der Waals surface area contributed by atoms with Gasteiger partial charge < -0.3 is 15.2 Å². The molecule has 1 aliphatic rings. The van der Waals surface area contributed by atoms with Gasteiger partial charge in [-0.25, -0.2) is 19.3 Å². The first-order valence-corrected chi connectivity index (χ1v) is 9.53. The normalized spacial score (nSPS) is 19.4. The fraction of sp³-hybridized carbons (Fsp3) is 0.368. The largest absolute Gasteiger partial charge is 0.354 e. The topological polar surface area (TPSA) is 86.8 Å². The van der Waals surface area contributed by atoms with Crippen molar-refractivity contribution in [1.82, 2.24) is 25.3 Å². The molecule has 4 heterocycles. The number of amides is 1. The Bertz CT molecular complexity index is 1060. The number of fused-ring (bicyclic) bond motifs is 1. The fourth-order valence-electron chi connectivity index (χ4n) is 3.73. The van der Waals surface area contributed by atoms with Gasteiger partial charge in [-0.3, -0.25) is 4.79 Å². The number of nitrogens with one attached hydrogen (secondary N) is 2. The van der Waals surface area contributed by atoms with Gasteiger partial charge in [0.05, 0.1) is 11.2 Å². The molecule has 28 heavy (non-hydrogen) atoms. The lowest BCUT2D eigenvalue weighted by atomic mass is 9.97. The van der Waals surface area contributed by atoms with Crippen LogP contribution >= 0.6 is 11.6 Å². The zero-order valence-electron chi connectivity index (χ0n) is 15.6. The van der Waals surface area contributed by atoms with Crippen molar-refractivity contribution >= 4 is 34.4 Å². The van der Waals surface area contributed by atoms with E-state index in [9.17, 15) is 9.18 Å². The van der Waals surface area contributed by atoms with Gasteiger partial charge in [0.2, 0.25) is 5.91 Å². The summed E-state index contributed by atoms with van der Waals surface area (Å²) in [6.07, 6.45) is 5.81. The number of carbonyl (C=O) groups excluding carboxylic acids is 1. The number of carbonyl (C=O) groups is 1. The molecule has 1 saturated heterocycles. The lowest BCUT2D eigenvalue weighted by molar-refractivity contribution is -0.125. The Kier molecular flexibility index (Phi) is 4.66. The second-order valence-corrected chi connectivity index (χ2v) is 7.44. The summed E-state index contributed by atoms with van der Waals surface area (Å²) in [5, 5.41) is 4.08. The van der Waals surface area contributed by atoms with Crippen LogP contribution in [0.25, 0.3) is 22.4 Å². The number of pyridine rings is 1. The zero-order chi connectivity index (χ0) is 19.9. The minimum Gasteiger partial charge on any atom is -0.354 e. The predicted octanol–water partition coefficient (Wildman–Crippen LogP) is 3.55. The molecule has 148 valence electrons. The lowest BCUT2D eigenvalue weighted by Crippen LogP contribution is -2.54. The number of nitrogens with zero attached hydrogens (tertiary/aromatic N) is 4. The monoisotopic (exact) mass is 404 g/mol. The Morgan fingerprint density at radius 2 is 2.29 bits per heavy atom. The van der Waals surface area contributed by atoms with E-state index in [0.717, 1.165) is 18.0 Å². The minimum atomic E-state index is -0.854. The van der Waals surface area contributed by atoms with Crippen LogP contribution in [-0.4, -0.2) is 44.5 Å². The third-order valence-electron chi connectivity index (χ3n) is 5.19. The Labute approximate surface area is 167 Å². The lowest BCUT2D eigenvalue weighted by Gasteiger charge is -2.34. The number of aromatic amines is 1. The molecule has 4 rings (SSSR count). The van der Waals surface area contributed by atoms with E-state index in [2.05, 4.69) is 25.3 Å². The summed E-state index contributed by atoms with van der Waals surface area (Å²) in [6, 6.07) is 1.76. The number of halogens is 2. The molecular formula is C19H22ClFN6O. The van der Waals surface area contributed by atoms with Gasteiger partial charge in [-0.2, -0.15) is 0 Å². The van der Waals surface area contributed by atoms with Crippen LogP contribution in [0.2, 0.25) is 5.02 Å². The van der Waals surface area contributed by atoms with Gasteiger partial charge in [0, 0.05) is 37.9 Å². The SMILES string of the molecule is CCNC(=O)[C@@]1(C)CCCN1c1nc(-c2c[nH]c3ncc(Cl)cc23)ncc1F.[HH]. The molecular weight excluding hydrogens is 383 g/mol. The van der Waals surface area contributed by atoms with Gasteiger partial charge in [-0.15, -0.1) is 0 Å². The van der Waals surface area contributed by atoms with Crippen molar-refractivity contribution in [1.29, 1.82) is 0 Å². The van der Waals surface area contributed by atoms with E-state index in [4.69, 9.17) is 11.6 Å². The predicted molar refractivity (Wildman–Crippen MR) is 108 cm³/mol. The van der Waals surface area contributed by atoms with Gasteiger partial charge in [-0.1, -0.05) is 11.6 Å². The third-order valence-corrected chi connectivity index (χ3v) is 5.39. The molecule has 1 atom stereocenters. The molecule has 3 aromatic rings. The number of H-pyrrole nitrogens is 1. The second kappa shape index (κ2) is 7.01. The Balaban J connectivity index is 0.00000240. The van der Waals surface area contributed by atoms with Gasteiger partial charge in [0.25, 0.3) is 0 Å². The van der Waals surface area contributed by atoms with Gasteiger partial charge in [0.1, 0.15) is 11.2 Å². The van der Waals surface area contributed by atoms with Crippen LogP contribution in [0.1, 0.15) is 28.1 Å². The molecule has 1 amide bonds. The van der Waals surface area contributed by atoms with E-state index >= 15 is 0 Å². The standard InChI is InChI=1S/C19H20ClFN6O.H2/c1-3-22-18(28)19(2)5-4-6-27(19)17-14(21)10-25-16(26-17)13-9-24-15-12(13)7-11(20)8-23-15;/h7-10H,3-6H2,1-2H3,(H,22,28)(H,23,24);1H/t19-;/m1./s1. The van der Waals surface area contributed by atoms with E-state index in [1.165, 1.54) is 0 Å². The highest BCUT2D eigenvalue weighted by Crippen LogP contribution is 2.36. The van der Waals surface area contributed by atoms with Crippen LogP contribution < -0.4 is 10.2 Å². The maximum atomic E-state index is 14.7. The van der Waals surface area contributed by atoms with Crippen LogP contribution in [0.15, 0.2) is 24.7 Å². The smallest absolute Gasteiger partial charge is 0.245 e. The number of aromatic nitrogens is 4. The summed E-state index contributed by atoms with van der Waals surface area (Å²) in [4.78, 5) is 30.3. The number of anilines is 1. The number of rotatable bonds is 4. The van der Waals surface area contributed by atoms with Crippen molar-refractivity contribution in [2.24, 2.45) is 0 Å². The van der Waals surface area contributed by atoms with Gasteiger partial charge in [0.15, 0.2) is 17.5 Å². The van der Waals surface area contributed by atoms with Crippen molar-refractivity contribution in [3.8, 4) is 11.4 Å². The highest BCUT2D eigenvalue weighted by atomic mass is 35.5. The molecule has 0 radical (unpaired) electrons. The van der Waals surface area contributed by atoms with Crippen LogP contribution in [0.5, 0.6) is 0 Å². The highest BCUT2D eigenvalue weighted by Gasteiger charge is 2.44. The second-order valence-electron chi connectivity index (χ2n) is 7.01.